The molecule has 1 atom stereocenters. The second-order valence-electron chi connectivity index (χ2n) is 6.04. The van der Waals surface area contributed by atoms with E-state index in [9.17, 15) is 14.0 Å². The second-order valence-corrected chi connectivity index (χ2v) is 6.04. The molecule has 0 saturated carbocycles. The molecule has 0 spiro atoms. The van der Waals surface area contributed by atoms with Gasteiger partial charge in [-0.3, -0.25) is 9.59 Å². The number of aryl methyl sites for hydroxylation is 1. The maximum Gasteiger partial charge on any atom is 0.261 e. The molecule has 2 aromatic carbocycles. The molecule has 0 saturated heterocycles. The summed E-state index contributed by atoms with van der Waals surface area (Å²) >= 11 is 0. The molecule has 1 N–H and O–H groups in total. The first-order chi connectivity index (χ1) is 12.4. The van der Waals surface area contributed by atoms with Gasteiger partial charge in [0.05, 0.1) is 0 Å². The van der Waals surface area contributed by atoms with Crippen LogP contribution in [0.3, 0.4) is 0 Å². The first-order valence-electron chi connectivity index (χ1n) is 8.35. The van der Waals surface area contributed by atoms with Crippen LogP contribution < -0.4 is 10.1 Å². The lowest BCUT2D eigenvalue weighted by molar-refractivity contribution is -0.142. The third-order valence-corrected chi connectivity index (χ3v) is 4.03. The van der Waals surface area contributed by atoms with Crippen molar-refractivity contribution in [3.05, 3.63) is 65.5 Å². The van der Waals surface area contributed by atoms with E-state index in [1.807, 2.05) is 31.2 Å². The minimum atomic E-state index is -0.648. The van der Waals surface area contributed by atoms with Crippen molar-refractivity contribution in [2.75, 3.05) is 13.7 Å². The summed E-state index contributed by atoms with van der Waals surface area (Å²) in [6.45, 7) is 3.70. The summed E-state index contributed by atoms with van der Waals surface area (Å²) in [6, 6.07) is 12.5. The van der Waals surface area contributed by atoms with Crippen molar-refractivity contribution >= 4 is 11.8 Å². The van der Waals surface area contributed by atoms with E-state index < -0.39 is 6.04 Å². The Bertz CT molecular complexity index is 762. The van der Waals surface area contributed by atoms with Crippen molar-refractivity contribution in [3.8, 4) is 5.75 Å². The number of nitrogens with one attached hydrogen (secondary N) is 1. The molecule has 0 unspecified atom stereocenters. The van der Waals surface area contributed by atoms with E-state index >= 15 is 0 Å². The lowest BCUT2D eigenvalue weighted by Crippen LogP contribution is -2.48. The molecule has 2 rings (SSSR count). The van der Waals surface area contributed by atoms with Gasteiger partial charge < -0.3 is 15.0 Å². The summed E-state index contributed by atoms with van der Waals surface area (Å²) in [7, 11) is 1.53. The number of likely N-dealkylation sites (N-methyl/N-ethyl adjacent to an activating group) is 1. The summed E-state index contributed by atoms with van der Waals surface area (Å²) in [5.41, 5.74) is 2.00. The number of amides is 2. The number of nitrogens with zero attached hydrogens (tertiary/aromatic N) is 1. The Morgan fingerprint density at radius 1 is 1.19 bits per heavy atom. The highest BCUT2D eigenvalue weighted by Gasteiger charge is 2.25. The highest BCUT2D eigenvalue weighted by Crippen LogP contribution is 2.14. The molecule has 0 radical (unpaired) electrons. The fourth-order valence-electron chi connectivity index (χ4n) is 2.56. The van der Waals surface area contributed by atoms with Crippen LogP contribution in [-0.2, 0) is 16.1 Å². The molecule has 0 fully saturated rings. The van der Waals surface area contributed by atoms with Crippen molar-refractivity contribution in [2.24, 2.45) is 0 Å². The zero-order chi connectivity index (χ0) is 19.1. The first kappa shape index (κ1) is 19.4. The summed E-state index contributed by atoms with van der Waals surface area (Å²) in [4.78, 5) is 26.2. The van der Waals surface area contributed by atoms with E-state index in [2.05, 4.69) is 5.32 Å². The van der Waals surface area contributed by atoms with Gasteiger partial charge in [-0.05, 0) is 43.7 Å². The van der Waals surface area contributed by atoms with Crippen molar-refractivity contribution in [2.45, 2.75) is 26.4 Å². The van der Waals surface area contributed by atoms with Crippen molar-refractivity contribution in [1.82, 2.24) is 10.2 Å². The molecule has 0 bridgehead atoms. The van der Waals surface area contributed by atoms with Gasteiger partial charge in [0.1, 0.15) is 17.6 Å². The monoisotopic (exact) mass is 358 g/mol. The number of benzene rings is 2. The Labute approximate surface area is 152 Å². The van der Waals surface area contributed by atoms with Crippen LogP contribution >= 0.6 is 0 Å². The van der Waals surface area contributed by atoms with Gasteiger partial charge in [0, 0.05) is 13.6 Å². The molecule has 5 nitrogen and oxygen atoms in total. The number of halogens is 1. The van der Waals surface area contributed by atoms with Gasteiger partial charge in [0.2, 0.25) is 5.91 Å². The molecule has 0 aliphatic rings. The van der Waals surface area contributed by atoms with Crippen LogP contribution in [0.1, 0.15) is 18.1 Å². The third-order valence-electron chi connectivity index (χ3n) is 4.03. The number of carbonyl (C=O) groups excluding carboxylic acids is 2. The largest absolute Gasteiger partial charge is 0.484 e. The molecule has 0 aromatic heterocycles. The molecule has 26 heavy (non-hydrogen) atoms. The summed E-state index contributed by atoms with van der Waals surface area (Å²) in [5.74, 6) is -0.569. The normalized spacial score (nSPS) is 11.5. The van der Waals surface area contributed by atoms with Crippen LogP contribution in [0.25, 0.3) is 0 Å². The number of hydrogen-bond donors (Lipinski definition) is 1. The molecular formula is C20H23FN2O3. The highest BCUT2D eigenvalue weighted by molar-refractivity contribution is 5.87. The maximum absolute atomic E-state index is 12.9. The molecule has 2 amide bonds. The van der Waals surface area contributed by atoms with Crippen molar-refractivity contribution in [3.63, 3.8) is 0 Å². The van der Waals surface area contributed by atoms with Gasteiger partial charge in [-0.2, -0.15) is 0 Å². The highest BCUT2D eigenvalue weighted by atomic mass is 19.1. The summed E-state index contributed by atoms with van der Waals surface area (Å²) in [5, 5.41) is 2.56. The number of rotatable bonds is 7. The van der Waals surface area contributed by atoms with Gasteiger partial charge >= 0.3 is 0 Å². The average molecular weight is 358 g/mol. The fourth-order valence-corrected chi connectivity index (χ4v) is 2.56. The van der Waals surface area contributed by atoms with Gasteiger partial charge in [0.25, 0.3) is 5.91 Å². The summed E-state index contributed by atoms with van der Waals surface area (Å²) < 4.78 is 18.4. The quantitative estimate of drug-likeness (QED) is 0.828. The minimum absolute atomic E-state index is 0.237. The van der Waals surface area contributed by atoms with Crippen molar-refractivity contribution in [1.29, 1.82) is 0 Å². The molecule has 0 aliphatic carbocycles. The first-order valence-corrected chi connectivity index (χ1v) is 8.35. The molecular weight excluding hydrogens is 335 g/mol. The maximum atomic E-state index is 12.9. The Kier molecular flexibility index (Phi) is 6.72. The molecule has 0 aliphatic heterocycles. The SMILES string of the molecule is CNC(=O)[C@@H](C)N(Cc1cccc(C)c1)C(=O)COc1ccc(F)cc1. The van der Waals surface area contributed by atoms with E-state index in [0.29, 0.717) is 12.3 Å². The zero-order valence-electron chi connectivity index (χ0n) is 15.2. The average Bonchev–Trinajstić information content (AvgIpc) is 2.64. The minimum Gasteiger partial charge on any atom is -0.484 e. The van der Waals surface area contributed by atoms with Gasteiger partial charge in [-0.25, -0.2) is 4.39 Å². The van der Waals surface area contributed by atoms with Crippen LogP contribution in [0.5, 0.6) is 5.75 Å². The number of ether oxygens (including phenoxy) is 1. The Morgan fingerprint density at radius 2 is 1.88 bits per heavy atom. The predicted molar refractivity (Wildman–Crippen MR) is 97.2 cm³/mol. The van der Waals surface area contributed by atoms with E-state index in [-0.39, 0.29) is 24.2 Å². The zero-order valence-corrected chi connectivity index (χ0v) is 15.2. The smallest absolute Gasteiger partial charge is 0.261 e. The van der Waals surface area contributed by atoms with Crippen LogP contribution in [0.2, 0.25) is 0 Å². The van der Waals surface area contributed by atoms with E-state index in [0.717, 1.165) is 11.1 Å². The Morgan fingerprint density at radius 3 is 2.50 bits per heavy atom. The number of carbonyl (C=O) groups is 2. The van der Waals surface area contributed by atoms with Gasteiger partial charge in [0.15, 0.2) is 6.61 Å². The molecule has 6 heteroatoms. The summed E-state index contributed by atoms with van der Waals surface area (Å²) in [6.07, 6.45) is 0. The van der Waals surface area contributed by atoms with Gasteiger partial charge in [-0.15, -0.1) is 0 Å². The van der Waals surface area contributed by atoms with Crippen LogP contribution in [0, 0.1) is 12.7 Å². The Hall–Kier alpha value is -2.89. The van der Waals surface area contributed by atoms with E-state index in [1.54, 1.807) is 6.92 Å². The fraction of sp³-hybridized carbons (Fsp3) is 0.300. The van der Waals surface area contributed by atoms with E-state index in [1.165, 1.54) is 36.2 Å². The third kappa shape index (κ3) is 5.31. The standard InChI is InChI=1S/C20H23FN2O3/c1-14-5-4-6-16(11-14)12-23(15(2)20(25)22-3)19(24)13-26-18-9-7-17(21)8-10-18/h4-11,15H,12-13H2,1-3H3,(H,22,25)/t15-/m1/s1. The number of hydrogen-bond acceptors (Lipinski definition) is 3. The lowest BCUT2D eigenvalue weighted by atomic mass is 10.1. The van der Waals surface area contributed by atoms with Crippen molar-refractivity contribution < 1.29 is 18.7 Å². The van der Waals surface area contributed by atoms with Crippen LogP contribution in [0.15, 0.2) is 48.5 Å². The van der Waals surface area contributed by atoms with E-state index in [4.69, 9.17) is 4.74 Å². The molecule has 0 heterocycles. The van der Waals surface area contributed by atoms with Crippen LogP contribution in [0.4, 0.5) is 4.39 Å². The lowest BCUT2D eigenvalue weighted by Gasteiger charge is -2.28. The van der Waals surface area contributed by atoms with Gasteiger partial charge in [-0.1, -0.05) is 29.8 Å². The second kappa shape index (κ2) is 8.99. The Balaban J connectivity index is 2.12. The molecule has 2 aromatic rings. The molecule has 138 valence electrons. The van der Waals surface area contributed by atoms with Crippen LogP contribution in [-0.4, -0.2) is 36.4 Å². The topological polar surface area (TPSA) is 58.6 Å². The predicted octanol–water partition coefficient (Wildman–Crippen LogP) is 2.68.